The van der Waals surface area contributed by atoms with Gasteiger partial charge >= 0.3 is 0 Å². The van der Waals surface area contributed by atoms with E-state index in [1.807, 2.05) is 34.9 Å². The number of hydrogen-bond acceptors (Lipinski definition) is 4. The second-order valence-corrected chi connectivity index (χ2v) is 7.81. The molecule has 0 N–H and O–H groups in total. The molecule has 0 atom stereocenters. The van der Waals surface area contributed by atoms with Crippen LogP contribution in [-0.4, -0.2) is 59.4 Å². The molecule has 0 bridgehead atoms. The number of benzene rings is 1. The summed E-state index contributed by atoms with van der Waals surface area (Å²) in [5, 5.41) is 0.913. The molecule has 0 saturated carbocycles. The fourth-order valence-electron chi connectivity index (χ4n) is 4.16. The van der Waals surface area contributed by atoms with Crippen molar-refractivity contribution in [2.45, 2.75) is 32.6 Å². The Hall–Kier alpha value is -2.63. The third-order valence-electron chi connectivity index (χ3n) is 5.82. The third kappa shape index (κ3) is 3.96. The van der Waals surface area contributed by atoms with Gasteiger partial charge in [-0.2, -0.15) is 0 Å². The first kappa shape index (κ1) is 18.7. The zero-order chi connectivity index (χ0) is 19.5. The molecule has 0 radical (unpaired) electrons. The number of piperidine rings is 1. The zero-order valence-electron chi connectivity index (χ0n) is 16.4. The molecule has 2 aliphatic heterocycles. The lowest BCUT2D eigenvalue weighted by molar-refractivity contribution is -0.140. The van der Waals surface area contributed by atoms with Crippen LogP contribution in [0.15, 0.2) is 30.5 Å². The number of likely N-dealkylation sites (tertiary alicyclic amines) is 2. The predicted octanol–water partition coefficient (Wildman–Crippen LogP) is 2.78. The van der Waals surface area contributed by atoms with E-state index >= 15 is 0 Å². The summed E-state index contributed by atoms with van der Waals surface area (Å²) in [6.45, 7) is 5.08. The molecule has 3 heterocycles. The summed E-state index contributed by atoms with van der Waals surface area (Å²) < 4.78 is 5.82. The molecule has 2 fully saturated rings. The number of aromatic nitrogens is 1. The molecule has 2 saturated heterocycles. The number of amides is 2. The van der Waals surface area contributed by atoms with Crippen LogP contribution in [0.5, 0.6) is 5.75 Å². The second-order valence-electron chi connectivity index (χ2n) is 7.81. The Labute approximate surface area is 165 Å². The highest BCUT2D eigenvalue weighted by Crippen LogP contribution is 2.25. The fraction of sp³-hybridized carbons (Fsp3) is 0.500. The molecule has 0 unspecified atom stereocenters. The van der Waals surface area contributed by atoms with E-state index in [-0.39, 0.29) is 24.3 Å². The molecule has 148 valence electrons. The number of aryl methyl sites for hydroxylation is 1. The molecular weight excluding hydrogens is 354 g/mol. The first-order chi connectivity index (χ1) is 13.6. The standard InChI is InChI=1S/C22H27N3O3/c1-16-4-5-18-19(14-16)23-9-6-20(18)28-15-21(26)24-12-7-17(8-13-24)22(27)25-10-2-3-11-25/h4-6,9,14,17H,2-3,7-8,10-13,15H2,1H3. The van der Waals surface area contributed by atoms with E-state index in [1.54, 1.807) is 12.3 Å². The number of hydrogen-bond donors (Lipinski definition) is 0. The molecule has 28 heavy (non-hydrogen) atoms. The normalized spacial score (nSPS) is 17.9. The minimum absolute atomic E-state index is 0.0116. The molecule has 2 amide bonds. The Morgan fingerprint density at radius 2 is 1.82 bits per heavy atom. The molecule has 2 aromatic rings. The number of nitrogens with zero attached hydrogens (tertiary/aromatic N) is 3. The lowest BCUT2D eigenvalue weighted by Crippen LogP contribution is -2.45. The monoisotopic (exact) mass is 381 g/mol. The van der Waals surface area contributed by atoms with Gasteiger partial charge in [-0.05, 0) is 56.4 Å². The number of carbonyl (C=O) groups is 2. The Bertz CT molecular complexity index is 868. The summed E-state index contributed by atoms with van der Waals surface area (Å²) in [5.74, 6) is 0.997. The van der Waals surface area contributed by atoms with Gasteiger partial charge in [0, 0.05) is 43.7 Å². The van der Waals surface area contributed by atoms with Crippen LogP contribution in [0.3, 0.4) is 0 Å². The van der Waals surface area contributed by atoms with Crippen molar-refractivity contribution in [1.82, 2.24) is 14.8 Å². The highest BCUT2D eigenvalue weighted by atomic mass is 16.5. The molecule has 6 heteroatoms. The fourth-order valence-corrected chi connectivity index (χ4v) is 4.16. The average molecular weight is 381 g/mol. The summed E-state index contributed by atoms with van der Waals surface area (Å²) in [4.78, 5) is 33.3. The summed E-state index contributed by atoms with van der Waals surface area (Å²) in [6.07, 6.45) is 5.43. The Morgan fingerprint density at radius 3 is 2.57 bits per heavy atom. The van der Waals surface area contributed by atoms with Gasteiger partial charge < -0.3 is 14.5 Å². The van der Waals surface area contributed by atoms with E-state index in [2.05, 4.69) is 4.98 Å². The van der Waals surface area contributed by atoms with Crippen LogP contribution in [0.2, 0.25) is 0 Å². The van der Waals surface area contributed by atoms with E-state index in [9.17, 15) is 9.59 Å². The maximum atomic E-state index is 12.6. The van der Waals surface area contributed by atoms with Crippen LogP contribution in [0.25, 0.3) is 10.9 Å². The van der Waals surface area contributed by atoms with Gasteiger partial charge in [0.2, 0.25) is 5.91 Å². The number of pyridine rings is 1. The van der Waals surface area contributed by atoms with Crippen molar-refractivity contribution in [1.29, 1.82) is 0 Å². The van der Waals surface area contributed by atoms with Gasteiger partial charge in [0.05, 0.1) is 5.52 Å². The average Bonchev–Trinajstić information content (AvgIpc) is 3.26. The lowest BCUT2D eigenvalue weighted by atomic mass is 9.95. The first-order valence-corrected chi connectivity index (χ1v) is 10.2. The van der Waals surface area contributed by atoms with Crippen molar-refractivity contribution in [3.05, 3.63) is 36.0 Å². The van der Waals surface area contributed by atoms with Crippen LogP contribution in [-0.2, 0) is 9.59 Å². The van der Waals surface area contributed by atoms with E-state index in [0.717, 1.165) is 55.2 Å². The maximum absolute atomic E-state index is 12.6. The summed E-state index contributed by atoms with van der Waals surface area (Å²) >= 11 is 0. The SMILES string of the molecule is Cc1ccc2c(OCC(=O)N3CCC(C(=O)N4CCCC4)CC3)ccnc2c1. The first-order valence-electron chi connectivity index (χ1n) is 10.2. The van der Waals surface area contributed by atoms with Crippen molar-refractivity contribution in [3.63, 3.8) is 0 Å². The minimum Gasteiger partial charge on any atom is -0.483 e. The zero-order valence-corrected chi connectivity index (χ0v) is 16.4. The van der Waals surface area contributed by atoms with E-state index in [1.165, 1.54) is 0 Å². The quantitative estimate of drug-likeness (QED) is 0.817. The van der Waals surface area contributed by atoms with Gasteiger partial charge in [-0.3, -0.25) is 14.6 Å². The summed E-state index contributed by atoms with van der Waals surface area (Å²) in [5.41, 5.74) is 2.01. The Balaban J connectivity index is 1.31. The molecule has 2 aliphatic rings. The molecule has 0 spiro atoms. The largest absolute Gasteiger partial charge is 0.483 e. The maximum Gasteiger partial charge on any atom is 0.260 e. The predicted molar refractivity (Wildman–Crippen MR) is 107 cm³/mol. The van der Waals surface area contributed by atoms with Gasteiger partial charge in [0.1, 0.15) is 5.75 Å². The minimum atomic E-state index is -0.0239. The number of ether oxygens (including phenoxy) is 1. The summed E-state index contributed by atoms with van der Waals surface area (Å²) in [7, 11) is 0. The highest BCUT2D eigenvalue weighted by Gasteiger charge is 2.31. The lowest BCUT2D eigenvalue weighted by Gasteiger charge is -2.33. The van der Waals surface area contributed by atoms with Gasteiger partial charge in [0.25, 0.3) is 5.91 Å². The van der Waals surface area contributed by atoms with Crippen LogP contribution >= 0.6 is 0 Å². The van der Waals surface area contributed by atoms with Crippen LogP contribution in [0.1, 0.15) is 31.2 Å². The Morgan fingerprint density at radius 1 is 1.07 bits per heavy atom. The van der Waals surface area contributed by atoms with Gasteiger partial charge in [-0.15, -0.1) is 0 Å². The second kappa shape index (κ2) is 8.17. The van der Waals surface area contributed by atoms with Crippen LogP contribution < -0.4 is 4.74 Å². The third-order valence-corrected chi connectivity index (χ3v) is 5.82. The van der Waals surface area contributed by atoms with Crippen molar-refractivity contribution >= 4 is 22.7 Å². The van der Waals surface area contributed by atoms with E-state index in [4.69, 9.17) is 4.74 Å². The van der Waals surface area contributed by atoms with E-state index in [0.29, 0.717) is 18.8 Å². The van der Waals surface area contributed by atoms with Gasteiger partial charge in [0.15, 0.2) is 6.61 Å². The molecule has 0 aliphatic carbocycles. The number of rotatable bonds is 4. The van der Waals surface area contributed by atoms with Crippen molar-refractivity contribution < 1.29 is 14.3 Å². The smallest absolute Gasteiger partial charge is 0.260 e. The Kier molecular flexibility index (Phi) is 5.46. The molecule has 6 nitrogen and oxygen atoms in total. The molecule has 1 aromatic carbocycles. The van der Waals surface area contributed by atoms with Crippen LogP contribution in [0.4, 0.5) is 0 Å². The number of fused-ring (bicyclic) bond motifs is 1. The van der Waals surface area contributed by atoms with Gasteiger partial charge in [-0.1, -0.05) is 6.07 Å². The number of carbonyl (C=O) groups excluding carboxylic acids is 2. The van der Waals surface area contributed by atoms with Gasteiger partial charge in [-0.25, -0.2) is 0 Å². The van der Waals surface area contributed by atoms with Crippen LogP contribution in [0, 0.1) is 12.8 Å². The molecular formula is C22H27N3O3. The highest BCUT2D eigenvalue weighted by molar-refractivity contribution is 5.86. The van der Waals surface area contributed by atoms with Crippen molar-refractivity contribution in [3.8, 4) is 5.75 Å². The molecule has 4 rings (SSSR count). The topological polar surface area (TPSA) is 62.7 Å². The van der Waals surface area contributed by atoms with Crippen molar-refractivity contribution in [2.24, 2.45) is 5.92 Å². The van der Waals surface area contributed by atoms with E-state index < -0.39 is 0 Å². The molecule has 1 aromatic heterocycles. The van der Waals surface area contributed by atoms with Crippen molar-refractivity contribution in [2.75, 3.05) is 32.8 Å². The summed E-state index contributed by atoms with van der Waals surface area (Å²) in [6, 6.07) is 7.80.